The molecule has 0 radical (unpaired) electrons. The highest BCUT2D eigenvalue weighted by Crippen LogP contribution is 2.29. The predicted octanol–water partition coefficient (Wildman–Crippen LogP) is 5.08. The van der Waals surface area contributed by atoms with Gasteiger partial charge < -0.3 is 5.32 Å². The second-order valence-corrected chi connectivity index (χ2v) is 6.40. The molecule has 0 aromatic heterocycles. The number of halogens is 3. The van der Waals surface area contributed by atoms with Crippen LogP contribution in [0.15, 0.2) is 78.9 Å². The Morgan fingerprint density at radius 1 is 0.862 bits per heavy atom. The molecule has 2 nitrogen and oxygen atoms in total. The van der Waals surface area contributed by atoms with Crippen molar-refractivity contribution < 1.29 is 18.0 Å². The van der Waals surface area contributed by atoms with Crippen LogP contribution >= 0.6 is 0 Å². The monoisotopic (exact) mass is 393 g/mol. The summed E-state index contributed by atoms with van der Waals surface area (Å²) >= 11 is 0. The molecule has 0 aliphatic rings. The molecule has 3 aromatic rings. The van der Waals surface area contributed by atoms with E-state index in [0.717, 1.165) is 28.8 Å². The lowest BCUT2D eigenvalue weighted by Crippen LogP contribution is -2.25. The van der Waals surface area contributed by atoms with Crippen molar-refractivity contribution in [2.24, 2.45) is 0 Å². The van der Waals surface area contributed by atoms with E-state index < -0.39 is 11.7 Å². The first-order valence-corrected chi connectivity index (χ1v) is 8.99. The van der Waals surface area contributed by atoms with E-state index in [1.165, 1.54) is 12.1 Å². The number of nitrogens with one attached hydrogen (secondary N) is 1. The molecule has 0 atom stereocenters. The van der Waals surface area contributed by atoms with Gasteiger partial charge >= 0.3 is 6.18 Å². The summed E-state index contributed by atoms with van der Waals surface area (Å²) in [4.78, 5) is 12.0. The zero-order valence-corrected chi connectivity index (χ0v) is 15.5. The van der Waals surface area contributed by atoms with Gasteiger partial charge in [-0.2, -0.15) is 13.2 Å². The minimum absolute atomic E-state index is 0.0666. The minimum atomic E-state index is -4.40. The third-order valence-corrected chi connectivity index (χ3v) is 4.22. The summed E-state index contributed by atoms with van der Waals surface area (Å²) in [5, 5.41) is 2.66. The number of rotatable bonds is 4. The number of hydrogen-bond donors (Lipinski definition) is 1. The fourth-order valence-corrected chi connectivity index (χ4v) is 2.76. The third-order valence-electron chi connectivity index (χ3n) is 4.22. The van der Waals surface area contributed by atoms with Crippen molar-refractivity contribution in [3.05, 3.63) is 95.6 Å². The number of carbonyl (C=O) groups is 1. The van der Waals surface area contributed by atoms with E-state index in [4.69, 9.17) is 0 Å². The number of hydrogen-bond acceptors (Lipinski definition) is 1. The van der Waals surface area contributed by atoms with Gasteiger partial charge in [-0.25, -0.2) is 0 Å². The highest BCUT2D eigenvalue weighted by atomic mass is 19.4. The molecule has 0 saturated carbocycles. The lowest BCUT2D eigenvalue weighted by molar-refractivity contribution is -0.137. The Balaban J connectivity index is 1.52. The predicted molar refractivity (Wildman–Crippen MR) is 107 cm³/mol. The minimum Gasteiger partial charge on any atom is -0.345 e. The van der Waals surface area contributed by atoms with Crippen LogP contribution in [0.1, 0.15) is 16.7 Å². The fraction of sp³-hybridized carbons (Fsp3) is 0.125. The van der Waals surface area contributed by atoms with Gasteiger partial charge in [-0.3, -0.25) is 4.79 Å². The van der Waals surface area contributed by atoms with Gasteiger partial charge in [-0.15, -0.1) is 0 Å². The molecule has 1 N–H and O–H groups in total. The molecule has 3 rings (SSSR count). The largest absolute Gasteiger partial charge is 0.416 e. The molecule has 146 valence electrons. The highest BCUT2D eigenvalue weighted by molar-refractivity contribution is 5.79. The first kappa shape index (κ1) is 20.2. The zero-order chi connectivity index (χ0) is 20.7. The van der Waals surface area contributed by atoms with Gasteiger partial charge in [0.2, 0.25) is 5.91 Å². The zero-order valence-electron chi connectivity index (χ0n) is 15.5. The summed E-state index contributed by atoms with van der Waals surface area (Å²) in [5.74, 6) is 5.12. The molecule has 0 aliphatic heterocycles. The van der Waals surface area contributed by atoms with Crippen molar-refractivity contribution in [1.82, 2.24) is 5.32 Å². The summed E-state index contributed by atoms with van der Waals surface area (Å²) in [7, 11) is 0. The van der Waals surface area contributed by atoms with Crippen molar-refractivity contribution in [1.29, 1.82) is 0 Å². The molecule has 0 spiro atoms. The van der Waals surface area contributed by atoms with E-state index in [9.17, 15) is 18.0 Å². The standard InChI is InChI=1S/C24H18F3NO/c25-24(26,27)22-10-4-6-18(16-22)7-5-15-28-23(29)17-19-11-13-21(14-12-19)20-8-2-1-3-9-20/h1-4,6,8-14,16H,15,17H2,(H,28,29). The van der Waals surface area contributed by atoms with Gasteiger partial charge in [0.25, 0.3) is 0 Å². The van der Waals surface area contributed by atoms with Crippen LogP contribution in [0.4, 0.5) is 13.2 Å². The van der Waals surface area contributed by atoms with Crippen LogP contribution in [-0.2, 0) is 17.4 Å². The molecule has 29 heavy (non-hydrogen) atoms. The van der Waals surface area contributed by atoms with Crippen LogP contribution in [0.5, 0.6) is 0 Å². The maximum Gasteiger partial charge on any atom is 0.416 e. The van der Waals surface area contributed by atoms with Gasteiger partial charge in [0, 0.05) is 5.56 Å². The van der Waals surface area contributed by atoms with Crippen LogP contribution in [0.25, 0.3) is 11.1 Å². The van der Waals surface area contributed by atoms with E-state index in [-0.39, 0.29) is 24.4 Å². The van der Waals surface area contributed by atoms with Gasteiger partial charge in [0.05, 0.1) is 18.5 Å². The molecule has 0 fully saturated rings. The Bertz CT molecular complexity index is 1030. The third kappa shape index (κ3) is 5.98. The second-order valence-electron chi connectivity index (χ2n) is 6.40. The van der Waals surface area contributed by atoms with E-state index in [0.29, 0.717) is 0 Å². The molecule has 0 bridgehead atoms. The highest BCUT2D eigenvalue weighted by Gasteiger charge is 2.30. The van der Waals surface area contributed by atoms with Crippen molar-refractivity contribution in [3.63, 3.8) is 0 Å². The number of benzene rings is 3. The molecular formula is C24H18F3NO. The summed E-state index contributed by atoms with van der Waals surface area (Å²) in [6.45, 7) is 0.0666. The lowest BCUT2D eigenvalue weighted by atomic mass is 10.0. The van der Waals surface area contributed by atoms with Crippen LogP contribution in [0.2, 0.25) is 0 Å². The summed E-state index contributed by atoms with van der Waals surface area (Å²) < 4.78 is 38.1. The van der Waals surface area contributed by atoms with Crippen molar-refractivity contribution >= 4 is 5.91 Å². The Labute approximate surface area is 167 Å². The van der Waals surface area contributed by atoms with Crippen LogP contribution in [0.3, 0.4) is 0 Å². The van der Waals surface area contributed by atoms with Crippen molar-refractivity contribution in [3.8, 4) is 23.0 Å². The van der Waals surface area contributed by atoms with Gasteiger partial charge in [0.15, 0.2) is 0 Å². The number of carbonyl (C=O) groups excluding carboxylic acids is 1. The first-order chi connectivity index (χ1) is 13.9. The van der Waals surface area contributed by atoms with Crippen LogP contribution < -0.4 is 5.32 Å². The molecule has 0 heterocycles. The summed E-state index contributed by atoms with van der Waals surface area (Å²) in [5.41, 5.74) is 2.56. The molecule has 5 heteroatoms. The fourth-order valence-electron chi connectivity index (χ4n) is 2.76. The van der Waals surface area contributed by atoms with Crippen molar-refractivity contribution in [2.45, 2.75) is 12.6 Å². The maximum atomic E-state index is 12.7. The molecule has 1 amide bonds. The van der Waals surface area contributed by atoms with E-state index >= 15 is 0 Å². The van der Waals surface area contributed by atoms with E-state index in [1.54, 1.807) is 0 Å². The summed E-state index contributed by atoms with van der Waals surface area (Å²) in [6, 6.07) is 22.5. The summed E-state index contributed by atoms with van der Waals surface area (Å²) in [6.07, 6.45) is -4.19. The SMILES string of the molecule is O=C(Cc1ccc(-c2ccccc2)cc1)NCC#Cc1cccc(C(F)(F)F)c1. The van der Waals surface area contributed by atoms with Crippen molar-refractivity contribution in [2.75, 3.05) is 6.54 Å². The van der Waals surface area contributed by atoms with E-state index in [2.05, 4.69) is 17.2 Å². The molecule has 0 aliphatic carbocycles. The van der Waals surface area contributed by atoms with Crippen LogP contribution in [0, 0.1) is 11.8 Å². The van der Waals surface area contributed by atoms with Crippen LogP contribution in [-0.4, -0.2) is 12.5 Å². The normalized spacial score (nSPS) is 10.7. The smallest absolute Gasteiger partial charge is 0.345 e. The number of amides is 1. The Morgan fingerprint density at radius 2 is 1.55 bits per heavy atom. The topological polar surface area (TPSA) is 29.1 Å². The van der Waals surface area contributed by atoms with E-state index in [1.807, 2.05) is 54.6 Å². The molecular weight excluding hydrogens is 375 g/mol. The average molecular weight is 393 g/mol. The Morgan fingerprint density at radius 3 is 2.24 bits per heavy atom. The van der Waals surface area contributed by atoms with Gasteiger partial charge in [-0.05, 0) is 34.9 Å². The number of alkyl halides is 3. The Hall–Kier alpha value is -3.52. The van der Waals surface area contributed by atoms with Gasteiger partial charge in [0.1, 0.15) is 0 Å². The Kier molecular flexibility index (Phi) is 6.36. The second kappa shape index (κ2) is 9.11. The van der Waals surface area contributed by atoms with Gasteiger partial charge in [-0.1, -0.05) is 72.5 Å². The first-order valence-electron chi connectivity index (χ1n) is 8.99. The molecule has 0 unspecified atom stereocenters. The molecule has 3 aromatic carbocycles. The average Bonchev–Trinajstić information content (AvgIpc) is 2.72. The molecule has 0 saturated heterocycles. The quantitative estimate of drug-likeness (QED) is 0.615. The lowest BCUT2D eigenvalue weighted by Gasteiger charge is -2.06. The maximum absolute atomic E-state index is 12.7.